The summed E-state index contributed by atoms with van der Waals surface area (Å²) < 4.78 is 5.26. The zero-order valence-electron chi connectivity index (χ0n) is 13.2. The molecule has 1 aliphatic heterocycles. The van der Waals surface area contributed by atoms with Crippen LogP contribution in [-0.4, -0.2) is 55.5 Å². The van der Waals surface area contributed by atoms with Gasteiger partial charge >= 0.3 is 0 Å². The van der Waals surface area contributed by atoms with Gasteiger partial charge in [0.2, 0.25) is 0 Å². The van der Waals surface area contributed by atoms with Gasteiger partial charge in [0.15, 0.2) is 0 Å². The van der Waals surface area contributed by atoms with Crippen molar-refractivity contribution in [1.82, 2.24) is 9.80 Å². The van der Waals surface area contributed by atoms with E-state index in [0.29, 0.717) is 17.4 Å². The summed E-state index contributed by atoms with van der Waals surface area (Å²) in [5, 5.41) is 7.66. The largest absolute Gasteiger partial charge is 0.496 e. The predicted octanol–water partition coefficient (Wildman–Crippen LogP) is 1.51. The van der Waals surface area contributed by atoms with Crippen LogP contribution in [-0.2, 0) is 6.54 Å². The molecule has 116 valence electrons. The van der Waals surface area contributed by atoms with Gasteiger partial charge in [-0.2, -0.15) is 0 Å². The Morgan fingerprint density at radius 2 is 2.19 bits per heavy atom. The molecule has 0 amide bonds. The quantitative estimate of drug-likeness (QED) is 0.637. The van der Waals surface area contributed by atoms with Crippen LogP contribution in [0.5, 0.6) is 5.75 Å². The van der Waals surface area contributed by atoms with E-state index in [0.717, 1.165) is 26.2 Å². The van der Waals surface area contributed by atoms with E-state index in [-0.39, 0.29) is 5.84 Å². The lowest BCUT2D eigenvalue weighted by atomic mass is 10.1. The van der Waals surface area contributed by atoms with E-state index in [1.807, 2.05) is 12.1 Å². The van der Waals surface area contributed by atoms with Crippen molar-refractivity contribution in [2.75, 3.05) is 33.8 Å². The molecule has 2 rings (SSSR count). The Balaban J connectivity index is 2.09. The molecule has 1 saturated heterocycles. The van der Waals surface area contributed by atoms with Crippen LogP contribution in [0.1, 0.15) is 24.5 Å². The number of hydrogen-bond donors (Lipinski definition) is 2. The highest BCUT2D eigenvalue weighted by Crippen LogP contribution is 2.21. The lowest BCUT2D eigenvalue weighted by molar-refractivity contribution is 0.0883. The number of piperazine rings is 1. The Morgan fingerprint density at radius 1 is 1.43 bits per heavy atom. The number of hydrogen-bond acceptors (Lipinski definition) is 4. The Morgan fingerprint density at radius 3 is 2.81 bits per heavy atom. The molecule has 0 spiro atoms. The summed E-state index contributed by atoms with van der Waals surface area (Å²) in [6.07, 6.45) is 1.17. The number of amidine groups is 1. The fourth-order valence-electron chi connectivity index (χ4n) is 2.92. The molecule has 5 nitrogen and oxygen atoms in total. The third-order valence-electron chi connectivity index (χ3n) is 4.29. The molecule has 3 N–H and O–H groups in total. The molecular formula is C16H26N4O. The molecule has 0 aliphatic carbocycles. The number of methoxy groups -OCH3 is 1. The van der Waals surface area contributed by atoms with E-state index in [4.69, 9.17) is 15.9 Å². The fourth-order valence-corrected chi connectivity index (χ4v) is 2.92. The average Bonchev–Trinajstić information content (AvgIpc) is 2.49. The average molecular weight is 290 g/mol. The fraction of sp³-hybridized carbons (Fsp3) is 0.562. The molecule has 1 atom stereocenters. The molecule has 1 unspecified atom stereocenters. The lowest BCUT2D eigenvalue weighted by Crippen LogP contribution is -2.50. The molecule has 21 heavy (non-hydrogen) atoms. The van der Waals surface area contributed by atoms with Gasteiger partial charge in [0.05, 0.1) is 12.7 Å². The molecule has 1 aliphatic rings. The SMILES string of the molecule is CCC1CN(Cc2ccc(OC)c(C(=N)N)c2)CCN1C. The Kier molecular flexibility index (Phi) is 5.20. The maximum atomic E-state index is 7.66. The van der Waals surface area contributed by atoms with Crippen molar-refractivity contribution in [3.05, 3.63) is 29.3 Å². The molecule has 1 aromatic rings. The first-order chi connectivity index (χ1) is 10.0. The van der Waals surface area contributed by atoms with Crippen LogP contribution in [0.25, 0.3) is 0 Å². The van der Waals surface area contributed by atoms with Crippen molar-refractivity contribution in [3.63, 3.8) is 0 Å². The summed E-state index contributed by atoms with van der Waals surface area (Å²) >= 11 is 0. The topological polar surface area (TPSA) is 65.6 Å². The van der Waals surface area contributed by atoms with E-state index in [2.05, 4.69) is 29.8 Å². The van der Waals surface area contributed by atoms with Gasteiger partial charge in [-0.1, -0.05) is 13.0 Å². The number of nitrogens with one attached hydrogen (secondary N) is 1. The normalized spacial score (nSPS) is 20.4. The highest BCUT2D eigenvalue weighted by molar-refractivity contribution is 5.97. The number of ether oxygens (including phenoxy) is 1. The Hall–Kier alpha value is -1.59. The second-order valence-electron chi connectivity index (χ2n) is 5.73. The summed E-state index contributed by atoms with van der Waals surface area (Å²) in [7, 11) is 3.81. The summed E-state index contributed by atoms with van der Waals surface area (Å²) in [5.74, 6) is 0.717. The second-order valence-corrected chi connectivity index (χ2v) is 5.73. The van der Waals surface area contributed by atoms with Crippen LogP contribution in [0.15, 0.2) is 18.2 Å². The van der Waals surface area contributed by atoms with Crippen molar-refractivity contribution in [3.8, 4) is 5.75 Å². The van der Waals surface area contributed by atoms with Crippen LogP contribution in [0, 0.1) is 5.41 Å². The van der Waals surface area contributed by atoms with Crippen LogP contribution in [0.3, 0.4) is 0 Å². The van der Waals surface area contributed by atoms with Gasteiger partial charge in [-0.25, -0.2) is 0 Å². The first-order valence-electron chi connectivity index (χ1n) is 7.49. The van der Waals surface area contributed by atoms with Crippen molar-refractivity contribution < 1.29 is 4.74 Å². The van der Waals surface area contributed by atoms with Gasteiger partial charge in [-0.3, -0.25) is 10.3 Å². The van der Waals surface area contributed by atoms with Gasteiger partial charge in [-0.05, 0) is 31.2 Å². The van der Waals surface area contributed by atoms with Crippen molar-refractivity contribution in [1.29, 1.82) is 5.41 Å². The van der Waals surface area contributed by atoms with Crippen molar-refractivity contribution in [2.45, 2.75) is 25.9 Å². The maximum Gasteiger partial charge on any atom is 0.129 e. The van der Waals surface area contributed by atoms with E-state index in [9.17, 15) is 0 Å². The highest BCUT2D eigenvalue weighted by Gasteiger charge is 2.22. The highest BCUT2D eigenvalue weighted by atomic mass is 16.5. The number of nitrogen functional groups attached to an aromatic ring is 1. The number of nitrogens with two attached hydrogens (primary N) is 1. The molecular weight excluding hydrogens is 264 g/mol. The summed E-state index contributed by atoms with van der Waals surface area (Å²) in [5.41, 5.74) is 7.49. The minimum absolute atomic E-state index is 0.0542. The Labute approximate surface area is 127 Å². The van der Waals surface area contributed by atoms with E-state index in [1.54, 1.807) is 7.11 Å². The summed E-state index contributed by atoms with van der Waals surface area (Å²) in [6.45, 7) is 6.41. The molecule has 5 heteroatoms. The third kappa shape index (κ3) is 3.74. The van der Waals surface area contributed by atoms with E-state index < -0.39 is 0 Å². The third-order valence-corrected chi connectivity index (χ3v) is 4.29. The smallest absolute Gasteiger partial charge is 0.129 e. The van der Waals surface area contributed by atoms with Gasteiger partial charge in [0.25, 0.3) is 0 Å². The van der Waals surface area contributed by atoms with E-state index in [1.165, 1.54) is 12.0 Å². The molecule has 1 aromatic carbocycles. The number of rotatable bonds is 5. The van der Waals surface area contributed by atoms with Crippen molar-refractivity contribution in [2.24, 2.45) is 5.73 Å². The molecule has 0 saturated carbocycles. The molecule has 1 heterocycles. The second kappa shape index (κ2) is 6.91. The van der Waals surface area contributed by atoms with Crippen LogP contribution < -0.4 is 10.5 Å². The minimum Gasteiger partial charge on any atom is -0.496 e. The first kappa shape index (κ1) is 15.8. The van der Waals surface area contributed by atoms with Crippen molar-refractivity contribution >= 4 is 5.84 Å². The Bertz CT molecular complexity index is 503. The lowest BCUT2D eigenvalue weighted by Gasteiger charge is -2.39. The monoisotopic (exact) mass is 290 g/mol. The number of benzene rings is 1. The summed E-state index contributed by atoms with van der Waals surface area (Å²) in [6, 6.07) is 6.56. The maximum absolute atomic E-state index is 7.66. The molecule has 0 aromatic heterocycles. The van der Waals surface area contributed by atoms with Crippen LogP contribution in [0.4, 0.5) is 0 Å². The standard InChI is InChI=1S/C16H26N4O/c1-4-13-11-20(8-7-19(13)2)10-12-5-6-15(21-3)14(9-12)16(17)18/h5-6,9,13H,4,7-8,10-11H2,1-3H3,(H3,17,18). The summed E-state index contributed by atoms with van der Waals surface area (Å²) in [4.78, 5) is 4.91. The van der Waals surface area contributed by atoms with Gasteiger partial charge in [-0.15, -0.1) is 0 Å². The molecule has 0 radical (unpaired) electrons. The van der Waals surface area contributed by atoms with Gasteiger partial charge < -0.3 is 15.4 Å². The minimum atomic E-state index is 0.0542. The zero-order valence-corrected chi connectivity index (χ0v) is 13.2. The first-order valence-corrected chi connectivity index (χ1v) is 7.49. The van der Waals surface area contributed by atoms with E-state index >= 15 is 0 Å². The molecule has 0 bridgehead atoms. The zero-order chi connectivity index (χ0) is 15.4. The van der Waals surface area contributed by atoms with Gasteiger partial charge in [0, 0.05) is 32.2 Å². The number of likely N-dealkylation sites (N-methyl/N-ethyl adjacent to an activating group) is 1. The van der Waals surface area contributed by atoms with Gasteiger partial charge in [0.1, 0.15) is 11.6 Å². The van der Waals surface area contributed by atoms with Crippen LogP contribution in [0.2, 0.25) is 0 Å². The van der Waals surface area contributed by atoms with Crippen LogP contribution >= 0.6 is 0 Å². The predicted molar refractivity (Wildman–Crippen MR) is 86.0 cm³/mol. The number of nitrogens with zero attached hydrogens (tertiary/aromatic N) is 2. The molecule has 1 fully saturated rings.